The summed E-state index contributed by atoms with van der Waals surface area (Å²) < 4.78 is 41.8. The number of alkyl halides is 3. The van der Waals surface area contributed by atoms with E-state index < -0.39 is 11.9 Å². The van der Waals surface area contributed by atoms with Gasteiger partial charge in [0.1, 0.15) is 0 Å². The number of halogens is 3. The van der Waals surface area contributed by atoms with Gasteiger partial charge in [-0.05, 0) is 31.7 Å². The van der Waals surface area contributed by atoms with E-state index in [1.807, 2.05) is 6.92 Å². The van der Waals surface area contributed by atoms with Crippen LogP contribution in [0.15, 0.2) is 42.5 Å². The lowest BCUT2D eigenvalue weighted by Crippen LogP contribution is -2.45. The lowest BCUT2D eigenvalue weighted by Gasteiger charge is -2.36. The number of hydrogen-bond donors (Lipinski definition) is 0. The Kier molecular flexibility index (Phi) is 4.80. The molecule has 1 aromatic carbocycles. The summed E-state index contributed by atoms with van der Waals surface area (Å²) in [5.41, 5.74) is -0.230. The second-order valence-corrected chi connectivity index (χ2v) is 7.68. The van der Waals surface area contributed by atoms with Crippen molar-refractivity contribution in [1.29, 1.82) is 0 Å². The fourth-order valence-corrected chi connectivity index (χ4v) is 3.76. The van der Waals surface area contributed by atoms with Crippen LogP contribution in [0.25, 0.3) is 16.9 Å². The third kappa shape index (κ3) is 3.71. The summed E-state index contributed by atoms with van der Waals surface area (Å²) >= 11 is 0. The maximum Gasteiger partial charge on any atom is 0.433 e. The van der Waals surface area contributed by atoms with Gasteiger partial charge in [0.2, 0.25) is 0 Å². The van der Waals surface area contributed by atoms with Crippen LogP contribution in [0, 0.1) is 5.92 Å². The lowest BCUT2D eigenvalue weighted by atomic mass is 9.95. The largest absolute Gasteiger partial charge is 0.433 e. The Bertz CT molecular complexity index is 1050. The summed E-state index contributed by atoms with van der Waals surface area (Å²) in [6.45, 7) is 4.58. The molecule has 29 heavy (non-hydrogen) atoms. The molecule has 0 saturated carbocycles. The minimum absolute atomic E-state index is 0.000242. The zero-order chi connectivity index (χ0) is 20.8. The second kappa shape index (κ2) is 7.17. The number of hydrogen-bond acceptors (Lipinski definition) is 3. The van der Waals surface area contributed by atoms with Gasteiger partial charge < -0.3 is 4.90 Å². The number of fused-ring (bicyclic) bond motifs is 1. The number of piperidine rings is 1. The molecule has 3 aromatic rings. The molecule has 1 saturated heterocycles. The molecule has 8 heteroatoms. The second-order valence-electron chi connectivity index (χ2n) is 7.68. The van der Waals surface area contributed by atoms with Crippen LogP contribution in [0.3, 0.4) is 0 Å². The molecule has 0 bridgehead atoms. The Morgan fingerprint density at radius 3 is 2.52 bits per heavy atom. The smallest absolute Gasteiger partial charge is 0.334 e. The van der Waals surface area contributed by atoms with Gasteiger partial charge in [-0.3, -0.25) is 4.79 Å². The zero-order valence-electron chi connectivity index (χ0n) is 16.1. The van der Waals surface area contributed by atoms with Crippen molar-refractivity contribution < 1.29 is 18.0 Å². The van der Waals surface area contributed by atoms with Gasteiger partial charge in [-0.2, -0.15) is 18.3 Å². The van der Waals surface area contributed by atoms with Crippen molar-refractivity contribution in [2.24, 2.45) is 5.92 Å². The maximum atomic E-state index is 13.7. The number of carbonyl (C=O) groups is 1. The molecule has 1 amide bonds. The van der Waals surface area contributed by atoms with Gasteiger partial charge in [-0.1, -0.05) is 37.3 Å². The van der Waals surface area contributed by atoms with Gasteiger partial charge in [-0.25, -0.2) is 9.50 Å². The molecular formula is C21H21F3N4O. The van der Waals surface area contributed by atoms with Crippen LogP contribution in [-0.2, 0) is 6.18 Å². The quantitative estimate of drug-likeness (QED) is 0.626. The van der Waals surface area contributed by atoms with E-state index in [1.165, 1.54) is 6.07 Å². The van der Waals surface area contributed by atoms with Crippen molar-refractivity contribution in [3.8, 4) is 11.3 Å². The van der Waals surface area contributed by atoms with E-state index in [4.69, 9.17) is 0 Å². The van der Waals surface area contributed by atoms with Gasteiger partial charge in [0.25, 0.3) is 5.91 Å². The number of benzene rings is 1. The highest BCUT2D eigenvalue weighted by atomic mass is 19.4. The average molecular weight is 402 g/mol. The van der Waals surface area contributed by atoms with E-state index in [0.717, 1.165) is 23.4 Å². The van der Waals surface area contributed by atoms with Gasteiger partial charge >= 0.3 is 6.18 Å². The van der Waals surface area contributed by atoms with Crippen molar-refractivity contribution >= 4 is 11.6 Å². The molecule has 0 aliphatic carbocycles. The van der Waals surface area contributed by atoms with Crippen molar-refractivity contribution in [3.05, 3.63) is 53.9 Å². The standard InChI is InChI=1S/C21H21F3N4O/c1-13-8-9-14(2)27(12-13)20(29)17-11-19-25-16(15-6-4-3-5-7-15)10-18(21(22,23)24)28(19)26-17/h3-7,10-11,13-14H,8-9,12H2,1-2H3/t13-,14+/m1/s1. The molecule has 0 N–H and O–H groups in total. The molecule has 2 aromatic heterocycles. The minimum Gasteiger partial charge on any atom is -0.334 e. The molecule has 4 rings (SSSR count). The van der Waals surface area contributed by atoms with Crippen LogP contribution in [0.5, 0.6) is 0 Å². The first-order valence-corrected chi connectivity index (χ1v) is 9.58. The number of carbonyl (C=O) groups excluding carboxylic acids is 1. The molecule has 152 valence electrons. The van der Waals surface area contributed by atoms with E-state index in [0.29, 0.717) is 18.0 Å². The predicted molar refractivity (Wildman–Crippen MR) is 102 cm³/mol. The third-order valence-electron chi connectivity index (χ3n) is 5.38. The summed E-state index contributed by atoms with van der Waals surface area (Å²) in [6, 6.07) is 11.0. The third-order valence-corrected chi connectivity index (χ3v) is 5.38. The number of amides is 1. The SMILES string of the molecule is C[C@@H]1CC[C@H](C)N(C(=O)c2cc3nc(-c4ccccc4)cc(C(F)(F)F)n3n2)C1. The molecule has 0 spiro atoms. The van der Waals surface area contributed by atoms with Crippen molar-refractivity contribution in [2.75, 3.05) is 6.54 Å². The van der Waals surface area contributed by atoms with E-state index >= 15 is 0 Å². The van der Waals surface area contributed by atoms with Crippen LogP contribution in [0.2, 0.25) is 0 Å². The van der Waals surface area contributed by atoms with Gasteiger partial charge in [0.05, 0.1) is 5.69 Å². The minimum atomic E-state index is -4.63. The Hall–Kier alpha value is -2.90. The molecule has 1 fully saturated rings. The van der Waals surface area contributed by atoms with Crippen LogP contribution in [0.4, 0.5) is 13.2 Å². The molecule has 0 unspecified atom stereocenters. The highest BCUT2D eigenvalue weighted by Gasteiger charge is 2.36. The number of aromatic nitrogens is 3. The van der Waals surface area contributed by atoms with Crippen LogP contribution in [0.1, 0.15) is 42.9 Å². The van der Waals surface area contributed by atoms with Crippen molar-refractivity contribution in [1.82, 2.24) is 19.5 Å². The topological polar surface area (TPSA) is 50.5 Å². The van der Waals surface area contributed by atoms with Gasteiger partial charge in [0.15, 0.2) is 17.0 Å². The molecule has 1 aliphatic rings. The zero-order valence-corrected chi connectivity index (χ0v) is 16.1. The molecular weight excluding hydrogens is 381 g/mol. The maximum absolute atomic E-state index is 13.7. The highest BCUT2D eigenvalue weighted by molar-refractivity contribution is 5.93. The van der Waals surface area contributed by atoms with E-state index in [1.54, 1.807) is 35.2 Å². The fourth-order valence-electron chi connectivity index (χ4n) is 3.76. The van der Waals surface area contributed by atoms with E-state index in [-0.39, 0.29) is 29.0 Å². The van der Waals surface area contributed by atoms with E-state index in [2.05, 4.69) is 17.0 Å². The Labute approximate surface area is 166 Å². The first-order chi connectivity index (χ1) is 13.7. The van der Waals surface area contributed by atoms with Gasteiger partial charge in [0, 0.05) is 24.2 Å². The van der Waals surface area contributed by atoms with Crippen molar-refractivity contribution in [2.45, 2.75) is 38.9 Å². The average Bonchev–Trinajstić information content (AvgIpc) is 3.12. The first kappa shape index (κ1) is 19.4. The number of rotatable bonds is 2. The molecule has 1 aliphatic heterocycles. The normalized spacial score (nSPS) is 20.2. The summed E-state index contributed by atoms with van der Waals surface area (Å²) in [6.07, 6.45) is -2.75. The lowest BCUT2D eigenvalue weighted by molar-refractivity contribution is -0.142. The van der Waals surface area contributed by atoms with E-state index in [9.17, 15) is 18.0 Å². The Balaban J connectivity index is 1.81. The molecule has 5 nitrogen and oxygen atoms in total. The van der Waals surface area contributed by atoms with Crippen LogP contribution in [-0.4, -0.2) is 38.0 Å². The predicted octanol–water partition coefficient (Wildman–Crippen LogP) is 4.68. The van der Waals surface area contributed by atoms with Crippen LogP contribution >= 0.6 is 0 Å². The Morgan fingerprint density at radius 1 is 1.10 bits per heavy atom. The van der Waals surface area contributed by atoms with Crippen LogP contribution < -0.4 is 0 Å². The molecule has 2 atom stereocenters. The van der Waals surface area contributed by atoms with Gasteiger partial charge in [-0.15, -0.1) is 0 Å². The number of nitrogens with zero attached hydrogens (tertiary/aromatic N) is 4. The highest BCUT2D eigenvalue weighted by Crippen LogP contribution is 2.32. The molecule has 0 radical (unpaired) electrons. The monoisotopic (exact) mass is 402 g/mol. The number of likely N-dealkylation sites (tertiary alicyclic amines) is 1. The summed E-state index contributed by atoms with van der Waals surface area (Å²) in [5, 5.41) is 3.99. The Morgan fingerprint density at radius 2 is 1.83 bits per heavy atom. The summed E-state index contributed by atoms with van der Waals surface area (Å²) in [7, 11) is 0. The fraction of sp³-hybridized carbons (Fsp3) is 0.381. The van der Waals surface area contributed by atoms with Crippen molar-refractivity contribution in [3.63, 3.8) is 0 Å². The molecule has 3 heterocycles. The summed E-state index contributed by atoms with van der Waals surface area (Å²) in [5.74, 6) is -0.00957. The first-order valence-electron chi connectivity index (χ1n) is 9.58. The summed E-state index contributed by atoms with van der Waals surface area (Å²) in [4.78, 5) is 19.0.